The Hall–Kier alpha value is -3.30. The highest BCUT2D eigenvalue weighted by Crippen LogP contribution is 2.32. The Balaban J connectivity index is 2.43. The molecule has 0 aliphatic rings. The maximum Gasteiger partial charge on any atom is 0.302 e. The zero-order valence-electron chi connectivity index (χ0n) is 15.2. The van der Waals surface area contributed by atoms with E-state index in [1.165, 1.54) is 0 Å². The van der Waals surface area contributed by atoms with Crippen LogP contribution in [0.5, 0.6) is 0 Å². The lowest BCUT2D eigenvalue weighted by atomic mass is 9.93. The van der Waals surface area contributed by atoms with Crippen LogP contribution in [0.25, 0.3) is 0 Å². The number of rotatable bonds is 7. The Morgan fingerprint density at radius 1 is 1.04 bits per heavy atom. The van der Waals surface area contributed by atoms with Gasteiger partial charge in [-0.3, -0.25) is 20.2 Å². The molecule has 0 bridgehead atoms. The SMILES string of the molecule is [B]c1cc([N+](=O)[O-])cc([N+](=O)[O-])c1N=Nc1ccc(N(CC)CC)cc1C. The Morgan fingerprint density at radius 3 is 2.22 bits per heavy atom. The van der Waals surface area contributed by atoms with E-state index in [1.54, 1.807) is 6.07 Å². The molecule has 10 heteroatoms. The van der Waals surface area contributed by atoms with E-state index in [9.17, 15) is 20.2 Å². The van der Waals surface area contributed by atoms with Crippen molar-refractivity contribution in [3.63, 3.8) is 0 Å². The predicted octanol–water partition coefficient (Wildman–Crippen LogP) is 3.87. The molecule has 0 aliphatic carbocycles. The molecule has 2 aromatic rings. The fraction of sp³-hybridized carbons (Fsp3) is 0.294. The average molecular weight is 367 g/mol. The van der Waals surface area contributed by atoms with Crippen LogP contribution < -0.4 is 10.4 Å². The number of aryl methyl sites for hydroxylation is 1. The van der Waals surface area contributed by atoms with E-state index in [1.807, 2.05) is 19.1 Å². The van der Waals surface area contributed by atoms with Gasteiger partial charge in [-0.05, 0) is 44.5 Å². The Labute approximate surface area is 157 Å². The molecule has 2 radical (unpaired) electrons. The van der Waals surface area contributed by atoms with E-state index >= 15 is 0 Å². The van der Waals surface area contributed by atoms with Gasteiger partial charge in [0, 0.05) is 24.8 Å². The van der Waals surface area contributed by atoms with Crippen LogP contribution in [0.1, 0.15) is 19.4 Å². The van der Waals surface area contributed by atoms with E-state index in [-0.39, 0.29) is 11.2 Å². The second-order valence-electron chi connectivity index (χ2n) is 5.76. The molecule has 0 heterocycles. The summed E-state index contributed by atoms with van der Waals surface area (Å²) in [7, 11) is 5.73. The highest BCUT2D eigenvalue weighted by atomic mass is 16.6. The van der Waals surface area contributed by atoms with Gasteiger partial charge < -0.3 is 4.90 Å². The van der Waals surface area contributed by atoms with E-state index < -0.39 is 21.2 Å². The molecule has 2 rings (SSSR count). The van der Waals surface area contributed by atoms with Crippen LogP contribution in [0.2, 0.25) is 0 Å². The van der Waals surface area contributed by atoms with Gasteiger partial charge in [0.25, 0.3) is 5.69 Å². The first kappa shape index (κ1) is 20.0. The first-order chi connectivity index (χ1) is 12.8. The summed E-state index contributed by atoms with van der Waals surface area (Å²) in [5, 5.41) is 30.1. The summed E-state index contributed by atoms with van der Waals surface area (Å²) < 4.78 is 0. The fourth-order valence-corrected chi connectivity index (χ4v) is 2.62. The van der Waals surface area contributed by atoms with Gasteiger partial charge >= 0.3 is 5.69 Å². The third-order valence-corrected chi connectivity index (χ3v) is 4.08. The summed E-state index contributed by atoms with van der Waals surface area (Å²) >= 11 is 0. The summed E-state index contributed by atoms with van der Waals surface area (Å²) in [5.41, 5.74) is 0.970. The molecule has 0 amide bonds. The summed E-state index contributed by atoms with van der Waals surface area (Å²) in [6, 6.07) is 7.45. The topological polar surface area (TPSA) is 114 Å². The minimum absolute atomic E-state index is 0.183. The lowest BCUT2D eigenvalue weighted by molar-refractivity contribution is -0.393. The Kier molecular flexibility index (Phi) is 6.22. The van der Waals surface area contributed by atoms with Crippen molar-refractivity contribution in [2.24, 2.45) is 10.2 Å². The molecule has 2 aromatic carbocycles. The van der Waals surface area contributed by atoms with Crippen molar-refractivity contribution in [2.45, 2.75) is 20.8 Å². The van der Waals surface area contributed by atoms with Crippen molar-refractivity contribution in [3.05, 3.63) is 56.1 Å². The minimum Gasteiger partial charge on any atom is -0.372 e. The molecule has 0 aliphatic heterocycles. The zero-order valence-corrected chi connectivity index (χ0v) is 15.2. The van der Waals surface area contributed by atoms with Crippen molar-refractivity contribution in [2.75, 3.05) is 18.0 Å². The number of nitrogens with zero attached hydrogens (tertiary/aromatic N) is 5. The molecular formula is C17H18BN5O4. The molecule has 0 unspecified atom stereocenters. The summed E-state index contributed by atoms with van der Waals surface area (Å²) in [4.78, 5) is 22.8. The number of nitro groups is 2. The van der Waals surface area contributed by atoms with Crippen LogP contribution in [0.3, 0.4) is 0 Å². The van der Waals surface area contributed by atoms with Crippen LogP contribution in [-0.4, -0.2) is 30.8 Å². The number of nitro benzene ring substituents is 2. The maximum atomic E-state index is 11.2. The van der Waals surface area contributed by atoms with Gasteiger partial charge in [0.2, 0.25) is 0 Å². The van der Waals surface area contributed by atoms with Gasteiger partial charge in [0.05, 0.1) is 21.6 Å². The predicted molar refractivity (Wildman–Crippen MR) is 104 cm³/mol. The van der Waals surface area contributed by atoms with Gasteiger partial charge in [0.15, 0.2) is 5.69 Å². The molecule has 0 spiro atoms. The monoisotopic (exact) mass is 367 g/mol. The van der Waals surface area contributed by atoms with Crippen LogP contribution in [0.15, 0.2) is 40.6 Å². The number of benzene rings is 2. The highest BCUT2D eigenvalue weighted by Gasteiger charge is 2.22. The van der Waals surface area contributed by atoms with Crippen molar-refractivity contribution >= 4 is 41.7 Å². The van der Waals surface area contributed by atoms with E-state index in [0.29, 0.717) is 5.69 Å². The summed E-state index contributed by atoms with van der Waals surface area (Å²) in [6.45, 7) is 7.70. The summed E-state index contributed by atoms with van der Waals surface area (Å²) in [5.74, 6) is 0. The molecule has 0 fully saturated rings. The normalized spacial score (nSPS) is 10.9. The second kappa shape index (κ2) is 8.39. The molecular weight excluding hydrogens is 349 g/mol. The highest BCUT2D eigenvalue weighted by molar-refractivity contribution is 6.36. The standard InChI is InChI=1S/C17H18BN5O4/c1-4-21(5-2)12-6-7-15(11(3)8-12)19-20-17-14(18)9-13(22(24)25)10-16(17)23(26)27/h6-10H,4-5H2,1-3H3. The number of anilines is 1. The van der Waals surface area contributed by atoms with E-state index in [4.69, 9.17) is 7.85 Å². The van der Waals surface area contributed by atoms with Gasteiger partial charge in [-0.1, -0.05) is 5.46 Å². The van der Waals surface area contributed by atoms with Crippen molar-refractivity contribution < 1.29 is 9.85 Å². The molecule has 9 nitrogen and oxygen atoms in total. The molecule has 0 saturated carbocycles. The van der Waals surface area contributed by atoms with Gasteiger partial charge in [-0.2, -0.15) is 5.11 Å². The lowest BCUT2D eigenvalue weighted by Gasteiger charge is -2.21. The molecule has 0 saturated heterocycles. The van der Waals surface area contributed by atoms with Crippen LogP contribution >= 0.6 is 0 Å². The van der Waals surface area contributed by atoms with Crippen molar-refractivity contribution in [1.82, 2.24) is 0 Å². The van der Waals surface area contributed by atoms with E-state index in [0.717, 1.165) is 36.5 Å². The number of non-ortho nitro benzene ring substituents is 1. The minimum atomic E-state index is -0.770. The average Bonchev–Trinajstić information content (AvgIpc) is 2.62. The molecule has 138 valence electrons. The third-order valence-electron chi connectivity index (χ3n) is 4.08. The maximum absolute atomic E-state index is 11.2. The molecule has 0 aromatic heterocycles. The largest absolute Gasteiger partial charge is 0.372 e. The van der Waals surface area contributed by atoms with Crippen molar-refractivity contribution in [1.29, 1.82) is 0 Å². The Morgan fingerprint density at radius 2 is 1.70 bits per heavy atom. The summed E-state index contributed by atoms with van der Waals surface area (Å²) in [6.07, 6.45) is 0. The van der Waals surface area contributed by atoms with Crippen molar-refractivity contribution in [3.8, 4) is 0 Å². The number of azo groups is 1. The number of hydrogen-bond donors (Lipinski definition) is 0. The smallest absolute Gasteiger partial charge is 0.302 e. The quantitative estimate of drug-likeness (QED) is 0.319. The first-order valence-electron chi connectivity index (χ1n) is 8.28. The Bertz CT molecular complexity index is 912. The second-order valence-corrected chi connectivity index (χ2v) is 5.76. The molecule has 0 atom stereocenters. The fourth-order valence-electron chi connectivity index (χ4n) is 2.62. The van der Waals surface area contributed by atoms with Crippen LogP contribution in [0, 0.1) is 27.2 Å². The zero-order chi connectivity index (χ0) is 20.1. The lowest BCUT2D eigenvalue weighted by Crippen LogP contribution is -2.21. The molecule has 27 heavy (non-hydrogen) atoms. The third kappa shape index (κ3) is 4.46. The number of hydrogen-bond acceptors (Lipinski definition) is 7. The molecule has 0 N–H and O–H groups in total. The van der Waals surface area contributed by atoms with Crippen LogP contribution in [0.4, 0.5) is 28.4 Å². The van der Waals surface area contributed by atoms with Gasteiger partial charge in [-0.25, -0.2) is 0 Å². The van der Waals surface area contributed by atoms with E-state index in [2.05, 4.69) is 29.0 Å². The van der Waals surface area contributed by atoms with Gasteiger partial charge in [-0.15, -0.1) is 5.11 Å². The van der Waals surface area contributed by atoms with Crippen LogP contribution in [-0.2, 0) is 0 Å². The van der Waals surface area contributed by atoms with Gasteiger partial charge in [0.1, 0.15) is 7.85 Å². The first-order valence-corrected chi connectivity index (χ1v) is 8.28.